The van der Waals surface area contributed by atoms with Gasteiger partial charge < -0.3 is 9.80 Å². The Bertz CT molecular complexity index is 1190. The monoisotopic (exact) mass is 462 g/mol. The normalized spacial score (nSPS) is 16.0. The van der Waals surface area contributed by atoms with Crippen molar-refractivity contribution in [3.05, 3.63) is 69.9 Å². The number of thioether (sulfide) groups is 1. The molecule has 2 heterocycles. The maximum Gasteiger partial charge on any atom is 0.269 e. The van der Waals surface area contributed by atoms with E-state index in [2.05, 4.69) is 17.0 Å². The van der Waals surface area contributed by atoms with Gasteiger partial charge in [0.25, 0.3) is 5.69 Å². The highest BCUT2D eigenvalue weighted by molar-refractivity contribution is 8.00. The Labute approximate surface area is 196 Å². The van der Waals surface area contributed by atoms with Gasteiger partial charge in [-0.3, -0.25) is 19.9 Å². The van der Waals surface area contributed by atoms with Gasteiger partial charge in [0.1, 0.15) is 0 Å². The Morgan fingerprint density at radius 2 is 1.73 bits per heavy atom. The molecule has 1 aromatic heterocycles. The lowest BCUT2D eigenvalue weighted by Crippen LogP contribution is -2.49. The lowest BCUT2D eigenvalue weighted by Gasteiger charge is -2.36. The highest BCUT2D eigenvalue weighted by Crippen LogP contribution is 2.36. The average Bonchev–Trinajstić information content (AvgIpc) is 2.86. The lowest BCUT2D eigenvalue weighted by atomic mass is 9.94. The fourth-order valence-corrected chi connectivity index (χ4v) is 5.89. The van der Waals surface area contributed by atoms with Crippen LogP contribution in [0.5, 0.6) is 0 Å². The number of piperazine rings is 1. The van der Waals surface area contributed by atoms with Crippen molar-refractivity contribution < 1.29 is 9.72 Å². The van der Waals surface area contributed by atoms with Crippen LogP contribution in [0.3, 0.4) is 0 Å². The SMILES string of the molecule is O=C(CSc1c2c(nc3ccccc13)CCCC2)N1CCN(c2ccc([N+](=O)[O-])cc2)CC1. The summed E-state index contributed by atoms with van der Waals surface area (Å²) in [5, 5.41) is 12.0. The van der Waals surface area contributed by atoms with Crippen LogP contribution in [0.15, 0.2) is 53.4 Å². The number of para-hydroxylation sites is 1. The fourth-order valence-electron chi connectivity index (χ4n) is 4.72. The van der Waals surface area contributed by atoms with Gasteiger partial charge >= 0.3 is 0 Å². The molecule has 0 saturated carbocycles. The zero-order valence-corrected chi connectivity index (χ0v) is 19.2. The number of carbonyl (C=O) groups is 1. The molecule has 1 saturated heterocycles. The third kappa shape index (κ3) is 4.53. The summed E-state index contributed by atoms with van der Waals surface area (Å²) < 4.78 is 0. The van der Waals surface area contributed by atoms with E-state index in [1.54, 1.807) is 23.9 Å². The fraction of sp³-hybridized carbons (Fsp3) is 0.360. The Hall–Kier alpha value is -3.13. The number of non-ortho nitro benzene ring substituents is 1. The first-order valence-corrected chi connectivity index (χ1v) is 12.4. The standard InChI is InChI=1S/C25H26N4O3S/c30-24(28-15-13-27(14-16-28)18-9-11-19(12-10-18)29(31)32)17-33-25-20-5-1-3-7-22(20)26-23-8-4-2-6-21(23)25/h1,3,5,7,9-12H,2,4,6,8,13-17H2. The van der Waals surface area contributed by atoms with Crippen molar-refractivity contribution in [2.24, 2.45) is 0 Å². The van der Waals surface area contributed by atoms with Crippen molar-refractivity contribution in [1.29, 1.82) is 0 Å². The number of amides is 1. The number of carbonyl (C=O) groups excluding carboxylic acids is 1. The molecule has 0 unspecified atom stereocenters. The topological polar surface area (TPSA) is 79.6 Å². The second kappa shape index (κ2) is 9.39. The van der Waals surface area contributed by atoms with Crippen LogP contribution in [0.4, 0.5) is 11.4 Å². The number of nitro groups is 1. The molecule has 1 aliphatic heterocycles. The van der Waals surface area contributed by atoms with Crippen LogP contribution in [-0.2, 0) is 17.6 Å². The van der Waals surface area contributed by atoms with Gasteiger partial charge in [0.2, 0.25) is 5.91 Å². The van der Waals surface area contributed by atoms with E-state index in [9.17, 15) is 14.9 Å². The summed E-state index contributed by atoms with van der Waals surface area (Å²) in [7, 11) is 0. The highest BCUT2D eigenvalue weighted by atomic mass is 32.2. The van der Waals surface area contributed by atoms with Crippen molar-refractivity contribution in [3.63, 3.8) is 0 Å². The average molecular weight is 463 g/mol. The van der Waals surface area contributed by atoms with Gasteiger partial charge in [0.05, 0.1) is 16.2 Å². The third-order valence-corrected chi connectivity index (χ3v) is 7.66. The molecule has 0 bridgehead atoms. The molecule has 170 valence electrons. The van der Waals surface area contributed by atoms with E-state index in [0.717, 1.165) is 42.5 Å². The minimum absolute atomic E-state index is 0.0930. The molecule has 0 N–H and O–H groups in total. The summed E-state index contributed by atoms with van der Waals surface area (Å²) in [5.41, 5.74) is 4.60. The van der Waals surface area contributed by atoms with Crippen LogP contribution in [0.1, 0.15) is 24.1 Å². The summed E-state index contributed by atoms with van der Waals surface area (Å²) in [6.45, 7) is 2.76. The van der Waals surface area contributed by atoms with Gasteiger partial charge in [0, 0.05) is 60.0 Å². The van der Waals surface area contributed by atoms with E-state index in [0.29, 0.717) is 18.8 Å². The quantitative estimate of drug-likeness (QED) is 0.316. The number of fused-ring (bicyclic) bond motifs is 2. The van der Waals surface area contributed by atoms with Crippen LogP contribution in [0.25, 0.3) is 10.9 Å². The summed E-state index contributed by atoms with van der Waals surface area (Å²) in [4.78, 5) is 33.7. The van der Waals surface area contributed by atoms with Gasteiger partial charge in [-0.1, -0.05) is 18.2 Å². The molecule has 0 radical (unpaired) electrons. The van der Waals surface area contributed by atoms with E-state index in [4.69, 9.17) is 4.98 Å². The number of benzene rings is 2. The number of aryl methyl sites for hydroxylation is 1. The third-order valence-electron chi connectivity index (χ3n) is 6.51. The first-order chi connectivity index (χ1) is 16.1. The number of pyridine rings is 1. The highest BCUT2D eigenvalue weighted by Gasteiger charge is 2.24. The van der Waals surface area contributed by atoms with Crippen molar-refractivity contribution in [3.8, 4) is 0 Å². The number of aromatic nitrogens is 1. The molecule has 0 spiro atoms. The molecule has 7 nitrogen and oxygen atoms in total. The van der Waals surface area contributed by atoms with E-state index in [1.165, 1.54) is 41.1 Å². The van der Waals surface area contributed by atoms with Crippen molar-refractivity contribution in [1.82, 2.24) is 9.88 Å². The van der Waals surface area contributed by atoms with Gasteiger partial charge in [-0.2, -0.15) is 0 Å². The summed E-state index contributed by atoms with van der Waals surface area (Å²) in [5.74, 6) is 0.589. The van der Waals surface area contributed by atoms with E-state index >= 15 is 0 Å². The van der Waals surface area contributed by atoms with Crippen LogP contribution in [0.2, 0.25) is 0 Å². The predicted molar refractivity (Wildman–Crippen MR) is 131 cm³/mol. The predicted octanol–water partition coefficient (Wildman–Crippen LogP) is 4.46. The summed E-state index contributed by atoms with van der Waals surface area (Å²) in [6, 6.07) is 14.9. The second-order valence-corrected chi connectivity index (χ2v) is 9.51. The second-order valence-electron chi connectivity index (χ2n) is 8.52. The van der Waals surface area contributed by atoms with E-state index < -0.39 is 0 Å². The molecule has 0 atom stereocenters. The molecule has 8 heteroatoms. The maximum atomic E-state index is 13.0. The van der Waals surface area contributed by atoms with Gasteiger partial charge in [-0.25, -0.2) is 0 Å². The molecule has 1 fully saturated rings. The Morgan fingerprint density at radius 3 is 2.48 bits per heavy atom. The smallest absolute Gasteiger partial charge is 0.269 e. The Balaban J connectivity index is 1.24. The maximum absolute atomic E-state index is 13.0. The molecule has 33 heavy (non-hydrogen) atoms. The van der Waals surface area contributed by atoms with Gasteiger partial charge in [-0.05, 0) is 49.4 Å². The number of hydrogen-bond acceptors (Lipinski definition) is 6. The van der Waals surface area contributed by atoms with E-state index in [-0.39, 0.29) is 16.5 Å². The van der Waals surface area contributed by atoms with Crippen LogP contribution in [-0.4, -0.2) is 52.6 Å². The summed E-state index contributed by atoms with van der Waals surface area (Å²) in [6.07, 6.45) is 4.42. The first kappa shape index (κ1) is 21.7. The minimum atomic E-state index is -0.388. The lowest BCUT2D eigenvalue weighted by molar-refractivity contribution is -0.384. The number of rotatable bonds is 5. The van der Waals surface area contributed by atoms with Crippen LogP contribution in [0, 0.1) is 10.1 Å². The van der Waals surface area contributed by atoms with Crippen LogP contribution < -0.4 is 4.90 Å². The molecule has 2 aromatic carbocycles. The zero-order valence-electron chi connectivity index (χ0n) is 18.4. The molecule has 2 aliphatic rings. The molecule has 5 rings (SSSR count). The van der Waals surface area contributed by atoms with Crippen molar-refractivity contribution in [2.45, 2.75) is 30.6 Å². The van der Waals surface area contributed by atoms with Crippen molar-refractivity contribution >= 4 is 39.9 Å². The Morgan fingerprint density at radius 1 is 1.00 bits per heavy atom. The molecular weight excluding hydrogens is 436 g/mol. The summed E-state index contributed by atoms with van der Waals surface area (Å²) >= 11 is 1.66. The Kier molecular flexibility index (Phi) is 6.17. The van der Waals surface area contributed by atoms with Gasteiger partial charge in [-0.15, -0.1) is 11.8 Å². The molecule has 3 aromatic rings. The van der Waals surface area contributed by atoms with Gasteiger partial charge in [0.15, 0.2) is 0 Å². The largest absolute Gasteiger partial charge is 0.368 e. The molecule has 1 aliphatic carbocycles. The zero-order chi connectivity index (χ0) is 22.8. The molecular formula is C25H26N4O3S. The molecule has 1 amide bonds. The van der Waals surface area contributed by atoms with Crippen LogP contribution >= 0.6 is 11.8 Å². The number of nitrogens with zero attached hydrogens (tertiary/aromatic N) is 4. The first-order valence-electron chi connectivity index (χ1n) is 11.4. The number of nitro benzene ring substituents is 1. The van der Waals surface area contributed by atoms with E-state index in [1.807, 2.05) is 17.0 Å². The van der Waals surface area contributed by atoms with Crippen molar-refractivity contribution in [2.75, 3.05) is 36.8 Å². The number of anilines is 1. The number of hydrogen-bond donors (Lipinski definition) is 0. The minimum Gasteiger partial charge on any atom is -0.368 e.